The van der Waals surface area contributed by atoms with E-state index >= 15 is 0 Å². The summed E-state index contributed by atoms with van der Waals surface area (Å²) in [6, 6.07) is 5.81. The molecule has 0 spiro atoms. The fourth-order valence-electron chi connectivity index (χ4n) is 1.79. The fourth-order valence-corrected chi connectivity index (χ4v) is 2.68. The summed E-state index contributed by atoms with van der Waals surface area (Å²) in [6.07, 6.45) is 3.72. The molecule has 0 bridgehead atoms. The molecule has 0 aliphatic rings. The van der Waals surface area contributed by atoms with E-state index in [1.54, 1.807) is 6.08 Å². The molecule has 112 valence electrons. The number of unbranched alkanes of at least 4 members (excludes halogenated alkanes) is 1. The molecule has 1 N–H and O–H groups in total. The number of anilines is 1. The lowest BCUT2D eigenvalue weighted by molar-refractivity contribution is -0.111. The molecule has 1 aromatic heterocycles. The van der Waals surface area contributed by atoms with E-state index in [1.165, 1.54) is 11.3 Å². The first-order chi connectivity index (χ1) is 10.1. The summed E-state index contributed by atoms with van der Waals surface area (Å²) in [4.78, 5) is 16.1. The summed E-state index contributed by atoms with van der Waals surface area (Å²) < 4.78 is 6.69. The Kier molecular flexibility index (Phi) is 5.33. The van der Waals surface area contributed by atoms with Gasteiger partial charge in [0.1, 0.15) is 5.75 Å². The van der Waals surface area contributed by atoms with Crippen LogP contribution in [0.1, 0.15) is 33.6 Å². The molecule has 1 aromatic carbocycles. The predicted molar refractivity (Wildman–Crippen MR) is 88.1 cm³/mol. The van der Waals surface area contributed by atoms with Crippen LogP contribution < -0.4 is 10.1 Å². The zero-order chi connectivity index (χ0) is 15.2. The Morgan fingerprint density at radius 1 is 1.43 bits per heavy atom. The molecular weight excluding hydrogens is 284 g/mol. The normalized spacial score (nSPS) is 10.4. The SMILES string of the molecule is CCCCOc1ccc2nc(NC(=O)C=C(C)C)sc2c1. The maximum atomic E-state index is 11.7. The molecule has 0 atom stereocenters. The van der Waals surface area contributed by atoms with Crippen LogP contribution in [0.5, 0.6) is 5.75 Å². The number of carbonyl (C=O) groups is 1. The smallest absolute Gasteiger partial charge is 0.250 e. The first kappa shape index (κ1) is 15.5. The van der Waals surface area contributed by atoms with Crippen molar-refractivity contribution in [2.75, 3.05) is 11.9 Å². The monoisotopic (exact) mass is 304 g/mol. The Bertz CT molecular complexity index is 657. The zero-order valence-electron chi connectivity index (χ0n) is 12.6. The minimum absolute atomic E-state index is 0.145. The molecule has 0 saturated heterocycles. The largest absolute Gasteiger partial charge is 0.494 e. The van der Waals surface area contributed by atoms with E-state index in [0.717, 1.165) is 41.0 Å². The summed E-state index contributed by atoms with van der Waals surface area (Å²) in [5, 5.41) is 3.40. The standard InChI is InChI=1S/C16H20N2O2S/c1-4-5-8-20-12-6-7-13-14(10-12)21-16(17-13)18-15(19)9-11(2)3/h6-7,9-10H,4-5,8H2,1-3H3,(H,17,18,19). The van der Waals surface area contributed by atoms with Crippen LogP contribution in [0.2, 0.25) is 0 Å². The van der Waals surface area contributed by atoms with Crippen LogP contribution >= 0.6 is 11.3 Å². The van der Waals surface area contributed by atoms with E-state index in [1.807, 2.05) is 32.0 Å². The maximum absolute atomic E-state index is 11.7. The summed E-state index contributed by atoms with van der Waals surface area (Å²) in [5.74, 6) is 0.704. The van der Waals surface area contributed by atoms with Gasteiger partial charge in [0.2, 0.25) is 5.91 Å². The minimum atomic E-state index is -0.145. The van der Waals surface area contributed by atoms with Gasteiger partial charge in [0.15, 0.2) is 5.13 Å². The number of benzene rings is 1. The molecule has 1 amide bonds. The van der Waals surface area contributed by atoms with Crippen LogP contribution in [0.25, 0.3) is 10.2 Å². The predicted octanol–water partition coefficient (Wildman–Crippen LogP) is 4.38. The summed E-state index contributed by atoms with van der Waals surface area (Å²) in [6.45, 7) is 6.64. The lowest BCUT2D eigenvalue weighted by Gasteiger charge is -2.04. The highest BCUT2D eigenvalue weighted by atomic mass is 32.1. The Hall–Kier alpha value is -1.88. The number of ether oxygens (including phenoxy) is 1. The van der Waals surface area contributed by atoms with Crippen LogP contribution in [-0.4, -0.2) is 17.5 Å². The number of fused-ring (bicyclic) bond motifs is 1. The number of aromatic nitrogens is 1. The number of nitrogens with zero attached hydrogens (tertiary/aromatic N) is 1. The van der Waals surface area contributed by atoms with Crippen molar-refractivity contribution in [2.24, 2.45) is 0 Å². The van der Waals surface area contributed by atoms with Crippen LogP contribution in [0.3, 0.4) is 0 Å². The Morgan fingerprint density at radius 3 is 2.95 bits per heavy atom. The van der Waals surface area contributed by atoms with Gasteiger partial charge >= 0.3 is 0 Å². The van der Waals surface area contributed by atoms with Gasteiger partial charge in [-0.25, -0.2) is 4.98 Å². The lowest BCUT2D eigenvalue weighted by atomic mass is 10.3. The van der Waals surface area contributed by atoms with Gasteiger partial charge < -0.3 is 4.74 Å². The highest BCUT2D eigenvalue weighted by molar-refractivity contribution is 7.22. The number of hydrogen-bond acceptors (Lipinski definition) is 4. The number of allylic oxidation sites excluding steroid dienone is 1. The van der Waals surface area contributed by atoms with E-state index in [2.05, 4.69) is 17.2 Å². The Labute approximate surface area is 128 Å². The molecule has 1 heterocycles. The number of thiazole rings is 1. The van der Waals surface area contributed by atoms with Crippen molar-refractivity contribution in [2.45, 2.75) is 33.6 Å². The highest BCUT2D eigenvalue weighted by Gasteiger charge is 2.07. The van der Waals surface area contributed by atoms with Gasteiger partial charge in [0, 0.05) is 6.08 Å². The average molecular weight is 304 g/mol. The van der Waals surface area contributed by atoms with E-state index in [0.29, 0.717) is 5.13 Å². The summed E-state index contributed by atoms with van der Waals surface area (Å²) in [5.41, 5.74) is 1.83. The molecule has 0 saturated carbocycles. The van der Waals surface area contributed by atoms with Crippen LogP contribution in [0, 0.1) is 0 Å². The van der Waals surface area contributed by atoms with Gasteiger partial charge in [-0.2, -0.15) is 0 Å². The van der Waals surface area contributed by atoms with E-state index in [-0.39, 0.29) is 5.91 Å². The second kappa shape index (κ2) is 7.22. The van der Waals surface area contributed by atoms with E-state index < -0.39 is 0 Å². The van der Waals surface area contributed by atoms with Crippen LogP contribution in [-0.2, 0) is 4.79 Å². The molecule has 21 heavy (non-hydrogen) atoms. The number of rotatable bonds is 6. The van der Waals surface area contributed by atoms with Crippen LogP contribution in [0.4, 0.5) is 5.13 Å². The minimum Gasteiger partial charge on any atom is -0.494 e. The van der Waals surface area contributed by atoms with Gasteiger partial charge in [-0.1, -0.05) is 30.3 Å². The van der Waals surface area contributed by atoms with Crippen molar-refractivity contribution in [3.8, 4) is 5.75 Å². The molecule has 0 unspecified atom stereocenters. The van der Waals surface area contributed by atoms with Crippen molar-refractivity contribution >= 4 is 32.6 Å². The number of carbonyl (C=O) groups excluding carboxylic acids is 1. The zero-order valence-corrected chi connectivity index (χ0v) is 13.4. The lowest BCUT2D eigenvalue weighted by Crippen LogP contribution is -2.07. The van der Waals surface area contributed by atoms with Crippen molar-refractivity contribution in [3.63, 3.8) is 0 Å². The maximum Gasteiger partial charge on any atom is 0.250 e. The molecule has 5 heteroatoms. The van der Waals surface area contributed by atoms with Gasteiger partial charge in [-0.05, 0) is 38.5 Å². The number of nitrogens with one attached hydrogen (secondary N) is 1. The van der Waals surface area contributed by atoms with Crippen molar-refractivity contribution in [1.29, 1.82) is 0 Å². The van der Waals surface area contributed by atoms with E-state index in [4.69, 9.17) is 4.74 Å². The fraction of sp³-hybridized carbons (Fsp3) is 0.375. The van der Waals surface area contributed by atoms with Gasteiger partial charge in [-0.3, -0.25) is 10.1 Å². The molecule has 4 nitrogen and oxygen atoms in total. The number of amides is 1. The van der Waals surface area contributed by atoms with Gasteiger partial charge in [0.25, 0.3) is 0 Å². The molecule has 0 aliphatic carbocycles. The Morgan fingerprint density at radius 2 is 2.24 bits per heavy atom. The quantitative estimate of drug-likeness (QED) is 0.636. The van der Waals surface area contributed by atoms with Gasteiger partial charge in [0.05, 0.1) is 16.8 Å². The van der Waals surface area contributed by atoms with Crippen LogP contribution in [0.15, 0.2) is 29.8 Å². The molecule has 0 fully saturated rings. The third kappa shape index (κ3) is 4.56. The molecule has 2 aromatic rings. The first-order valence-corrected chi connectivity index (χ1v) is 7.89. The molecule has 0 aliphatic heterocycles. The summed E-state index contributed by atoms with van der Waals surface area (Å²) >= 11 is 1.45. The molecule has 2 rings (SSSR count). The van der Waals surface area contributed by atoms with Crippen molar-refractivity contribution in [1.82, 2.24) is 4.98 Å². The third-order valence-electron chi connectivity index (χ3n) is 2.78. The van der Waals surface area contributed by atoms with Crippen molar-refractivity contribution in [3.05, 3.63) is 29.8 Å². The summed E-state index contributed by atoms with van der Waals surface area (Å²) in [7, 11) is 0. The molecule has 0 radical (unpaired) electrons. The van der Waals surface area contributed by atoms with Crippen molar-refractivity contribution < 1.29 is 9.53 Å². The average Bonchev–Trinajstić information content (AvgIpc) is 2.79. The van der Waals surface area contributed by atoms with Gasteiger partial charge in [-0.15, -0.1) is 0 Å². The Balaban J connectivity index is 2.10. The number of hydrogen-bond donors (Lipinski definition) is 1. The third-order valence-corrected chi connectivity index (χ3v) is 3.71. The second-order valence-electron chi connectivity index (χ2n) is 5.06. The first-order valence-electron chi connectivity index (χ1n) is 7.07. The highest BCUT2D eigenvalue weighted by Crippen LogP contribution is 2.29. The second-order valence-corrected chi connectivity index (χ2v) is 6.09. The topological polar surface area (TPSA) is 51.2 Å². The van der Waals surface area contributed by atoms with E-state index in [9.17, 15) is 4.79 Å². The molecular formula is C16H20N2O2S.